The van der Waals surface area contributed by atoms with Gasteiger partial charge in [0.1, 0.15) is 0 Å². The van der Waals surface area contributed by atoms with Gasteiger partial charge >= 0.3 is 0 Å². The van der Waals surface area contributed by atoms with Crippen LogP contribution in [0.3, 0.4) is 0 Å². The molecule has 2 bridgehead atoms. The molecule has 0 radical (unpaired) electrons. The van der Waals surface area contributed by atoms with E-state index in [1.807, 2.05) is 6.20 Å². The largest absolute Gasteiger partial charge is 0.310 e. The molecule has 0 aliphatic carbocycles. The molecule has 2 aliphatic heterocycles. The number of aromatic nitrogens is 1. The Labute approximate surface area is 123 Å². The highest BCUT2D eigenvalue weighted by atomic mass is 79.9. The van der Waals surface area contributed by atoms with Gasteiger partial charge < -0.3 is 5.32 Å². The van der Waals surface area contributed by atoms with E-state index in [-0.39, 0.29) is 12.4 Å². The average Bonchev–Trinajstić information content (AvgIpc) is 2.66. The third-order valence-corrected chi connectivity index (χ3v) is 4.25. The van der Waals surface area contributed by atoms with Gasteiger partial charge in [-0.1, -0.05) is 0 Å². The van der Waals surface area contributed by atoms with Crippen LogP contribution in [-0.4, -0.2) is 35.1 Å². The second-order valence-corrected chi connectivity index (χ2v) is 6.05. The van der Waals surface area contributed by atoms with E-state index in [1.54, 1.807) is 0 Å². The molecule has 1 aromatic heterocycles. The van der Waals surface area contributed by atoms with Crippen LogP contribution >= 0.6 is 28.3 Å². The lowest BCUT2D eigenvalue weighted by molar-refractivity contribution is 0.248. The lowest BCUT2D eigenvalue weighted by Gasteiger charge is -2.23. The van der Waals surface area contributed by atoms with Crippen molar-refractivity contribution in [3.05, 3.63) is 28.5 Å². The number of rotatable bonds is 2. The Hall–Kier alpha value is -0.160. The van der Waals surface area contributed by atoms with Gasteiger partial charge in [-0.15, -0.1) is 12.4 Å². The van der Waals surface area contributed by atoms with Gasteiger partial charge in [-0.25, -0.2) is 0 Å². The van der Waals surface area contributed by atoms with Crippen LogP contribution in [0.1, 0.15) is 25.0 Å². The maximum Gasteiger partial charge on any atom is 0.0544 e. The molecule has 3 heterocycles. The molecular weight excluding hydrogens is 314 g/mol. The van der Waals surface area contributed by atoms with E-state index in [0.717, 1.165) is 17.1 Å². The Morgan fingerprint density at radius 2 is 2.11 bits per heavy atom. The van der Waals surface area contributed by atoms with Crippen LogP contribution < -0.4 is 5.32 Å². The molecule has 3 nitrogen and oxygen atoms in total. The van der Waals surface area contributed by atoms with Crippen LogP contribution in [0.2, 0.25) is 0 Å². The second-order valence-electron chi connectivity index (χ2n) is 5.13. The smallest absolute Gasteiger partial charge is 0.0544 e. The first-order valence-electron chi connectivity index (χ1n) is 6.38. The second kappa shape index (κ2) is 6.33. The lowest BCUT2D eigenvalue weighted by atomic mass is 10.1. The number of fused-ring (bicyclic) bond motifs is 2. The molecule has 2 unspecified atom stereocenters. The van der Waals surface area contributed by atoms with E-state index in [1.165, 1.54) is 38.0 Å². The maximum absolute atomic E-state index is 4.46. The molecule has 1 aromatic rings. The topological polar surface area (TPSA) is 28.2 Å². The Balaban J connectivity index is 0.00000120. The van der Waals surface area contributed by atoms with E-state index in [4.69, 9.17) is 0 Å². The van der Waals surface area contributed by atoms with Crippen LogP contribution in [0.4, 0.5) is 0 Å². The van der Waals surface area contributed by atoms with Crippen molar-refractivity contribution in [2.45, 2.75) is 37.9 Å². The highest BCUT2D eigenvalue weighted by Gasteiger charge is 2.29. The summed E-state index contributed by atoms with van der Waals surface area (Å²) in [5.74, 6) is 0. The fourth-order valence-corrected chi connectivity index (χ4v) is 3.12. The van der Waals surface area contributed by atoms with E-state index in [9.17, 15) is 0 Å². The summed E-state index contributed by atoms with van der Waals surface area (Å²) in [5, 5.41) is 3.71. The first kappa shape index (κ1) is 14.3. The standard InChI is InChI=1S/C13H18BrN3.ClH/c14-10-1-2-12(15-7-10)8-17-6-5-11-3-4-13(9-17)16-11;/h1-2,7,11,13,16H,3-6,8-9H2;1H. The Kier molecular flexibility index (Phi) is 5.01. The predicted molar refractivity (Wildman–Crippen MR) is 79.0 cm³/mol. The van der Waals surface area contributed by atoms with E-state index < -0.39 is 0 Å². The minimum Gasteiger partial charge on any atom is -0.310 e. The number of hydrogen-bond acceptors (Lipinski definition) is 3. The average molecular weight is 333 g/mol. The van der Waals surface area contributed by atoms with Gasteiger partial charge in [-0.2, -0.15) is 0 Å². The predicted octanol–water partition coefficient (Wildman–Crippen LogP) is 2.59. The van der Waals surface area contributed by atoms with Crippen LogP contribution in [0.15, 0.2) is 22.8 Å². The summed E-state index contributed by atoms with van der Waals surface area (Å²) in [7, 11) is 0. The van der Waals surface area contributed by atoms with Gasteiger partial charge in [0.2, 0.25) is 0 Å². The fraction of sp³-hybridized carbons (Fsp3) is 0.615. The van der Waals surface area contributed by atoms with Gasteiger partial charge in [0, 0.05) is 42.4 Å². The third kappa shape index (κ3) is 3.44. The molecule has 0 saturated carbocycles. The first-order chi connectivity index (χ1) is 8.29. The van der Waals surface area contributed by atoms with Crippen LogP contribution in [0.25, 0.3) is 0 Å². The van der Waals surface area contributed by atoms with E-state index in [0.29, 0.717) is 6.04 Å². The van der Waals surface area contributed by atoms with Crippen molar-refractivity contribution in [1.29, 1.82) is 0 Å². The summed E-state index contributed by atoms with van der Waals surface area (Å²) in [6.45, 7) is 3.36. The molecule has 18 heavy (non-hydrogen) atoms. The number of likely N-dealkylation sites (tertiary alicyclic amines) is 1. The monoisotopic (exact) mass is 331 g/mol. The summed E-state index contributed by atoms with van der Waals surface area (Å²) in [6, 6.07) is 5.66. The molecule has 0 spiro atoms. The molecule has 3 rings (SSSR count). The summed E-state index contributed by atoms with van der Waals surface area (Å²) in [4.78, 5) is 6.99. The van der Waals surface area contributed by atoms with Crippen molar-refractivity contribution >= 4 is 28.3 Å². The zero-order valence-corrected chi connectivity index (χ0v) is 12.7. The number of nitrogens with zero attached hydrogens (tertiary/aromatic N) is 2. The molecule has 5 heteroatoms. The van der Waals surface area contributed by atoms with E-state index >= 15 is 0 Å². The van der Waals surface area contributed by atoms with Crippen molar-refractivity contribution in [1.82, 2.24) is 15.2 Å². The van der Waals surface area contributed by atoms with Crippen molar-refractivity contribution in [2.24, 2.45) is 0 Å². The molecule has 100 valence electrons. The highest BCUT2D eigenvalue weighted by Crippen LogP contribution is 2.21. The highest BCUT2D eigenvalue weighted by molar-refractivity contribution is 9.10. The summed E-state index contributed by atoms with van der Waals surface area (Å²) >= 11 is 3.42. The molecule has 2 saturated heterocycles. The van der Waals surface area contributed by atoms with Gasteiger partial charge in [0.15, 0.2) is 0 Å². The van der Waals surface area contributed by atoms with Gasteiger partial charge in [0.05, 0.1) is 5.69 Å². The molecule has 2 fully saturated rings. The van der Waals surface area contributed by atoms with Crippen LogP contribution in [0.5, 0.6) is 0 Å². The minimum absolute atomic E-state index is 0. The first-order valence-corrected chi connectivity index (χ1v) is 7.18. The zero-order valence-electron chi connectivity index (χ0n) is 10.3. The van der Waals surface area contributed by atoms with Crippen molar-refractivity contribution in [2.75, 3.05) is 13.1 Å². The van der Waals surface area contributed by atoms with Crippen molar-refractivity contribution < 1.29 is 0 Å². The molecule has 2 aliphatic rings. The van der Waals surface area contributed by atoms with Crippen LogP contribution in [0, 0.1) is 0 Å². The molecular formula is C13H19BrClN3. The zero-order chi connectivity index (χ0) is 11.7. The minimum atomic E-state index is 0. The summed E-state index contributed by atoms with van der Waals surface area (Å²) < 4.78 is 1.05. The Morgan fingerprint density at radius 3 is 2.89 bits per heavy atom. The molecule has 1 N–H and O–H groups in total. The number of halogens is 2. The number of pyridine rings is 1. The normalized spacial score (nSPS) is 27.6. The molecule has 0 aromatic carbocycles. The van der Waals surface area contributed by atoms with Crippen LogP contribution in [-0.2, 0) is 6.54 Å². The fourth-order valence-electron chi connectivity index (χ4n) is 2.89. The van der Waals surface area contributed by atoms with Gasteiger partial charge in [0.25, 0.3) is 0 Å². The third-order valence-electron chi connectivity index (χ3n) is 3.78. The molecule has 2 atom stereocenters. The quantitative estimate of drug-likeness (QED) is 0.902. The van der Waals surface area contributed by atoms with Crippen molar-refractivity contribution in [3.63, 3.8) is 0 Å². The number of nitrogens with one attached hydrogen (secondary N) is 1. The Bertz CT molecular complexity index is 384. The SMILES string of the molecule is Brc1ccc(CN2CCC3CCC(C2)N3)nc1.Cl. The molecule has 0 amide bonds. The maximum atomic E-state index is 4.46. The summed E-state index contributed by atoms with van der Waals surface area (Å²) in [5.41, 5.74) is 1.17. The van der Waals surface area contributed by atoms with Crippen molar-refractivity contribution in [3.8, 4) is 0 Å². The van der Waals surface area contributed by atoms with Gasteiger partial charge in [-0.3, -0.25) is 9.88 Å². The Morgan fingerprint density at radius 1 is 1.28 bits per heavy atom. The summed E-state index contributed by atoms with van der Waals surface area (Å²) in [6.07, 6.45) is 5.88. The number of hydrogen-bond donors (Lipinski definition) is 1. The van der Waals surface area contributed by atoms with E-state index in [2.05, 4.69) is 43.3 Å². The van der Waals surface area contributed by atoms with Gasteiger partial charge in [-0.05, 0) is 47.3 Å². The lowest BCUT2D eigenvalue weighted by Crippen LogP contribution is -2.35.